The molecule has 0 N–H and O–H groups in total. The summed E-state index contributed by atoms with van der Waals surface area (Å²) in [6, 6.07) is 0. The average molecular weight is 174 g/mol. The fraction of sp³-hybridized carbons (Fsp3) is 0.333. The van der Waals surface area contributed by atoms with E-state index in [0.29, 0.717) is 12.0 Å². The van der Waals surface area contributed by atoms with Gasteiger partial charge >= 0.3 is 6.18 Å². The molecule has 0 saturated carbocycles. The summed E-state index contributed by atoms with van der Waals surface area (Å²) in [4.78, 5) is 0. The van der Waals surface area contributed by atoms with Crippen LogP contribution in [0.3, 0.4) is 0 Å². The molecule has 0 aromatic carbocycles. The van der Waals surface area contributed by atoms with Crippen LogP contribution in [-0.4, -0.2) is 6.18 Å². The quantitative estimate of drug-likeness (QED) is 0.571. The van der Waals surface area contributed by atoms with Crippen molar-refractivity contribution in [2.24, 2.45) is 0 Å². The molecule has 0 aromatic heterocycles. The second-order valence-electron chi connectivity index (χ2n) is 2.61. The molecule has 0 saturated heterocycles. The standard InChI is InChI=1S/C9H9F3/c1-2-7-4-3-5-8(6-7)9(10,11)12/h2,4,6H,1,3,5H2. The molecule has 0 radical (unpaired) electrons. The van der Waals surface area contributed by atoms with E-state index >= 15 is 0 Å². The zero-order chi connectivity index (χ0) is 9.19. The van der Waals surface area contributed by atoms with E-state index in [-0.39, 0.29) is 6.42 Å². The van der Waals surface area contributed by atoms with Gasteiger partial charge in [-0.25, -0.2) is 0 Å². The largest absolute Gasteiger partial charge is 0.412 e. The fourth-order valence-corrected chi connectivity index (χ4v) is 1.09. The van der Waals surface area contributed by atoms with Gasteiger partial charge in [0.25, 0.3) is 0 Å². The van der Waals surface area contributed by atoms with E-state index < -0.39 is 11.7 Å². The summed E-state index contributed by atoms with van der Waals surface area (Å²) in [5.41, 5.74) is 0.105. The maximum absolute atomic E-state index is 12.1. The highest BCUT2D eigenvalue weighted by atomic mass is 19.4. The van der Waals surface area contributed by atoms with E-state index in [9.17, 15) is 13.2 Å². The van der Waals surface area contributed by atoms with Gasteiger partial charge in [-0.05, 0) is 24.5 Å². The second-order valence-corrected chi connectivity index (χ2v) is 2.61. The molecule has 66 valence electrons. The van der Waals surface area contributed by atoms with Crippen molar-refractivity contribution >= 4 is 0 Å². The van der Waals surface area contributed by atoms with E-state index in [2.05, 4.69) is 6.58 Å². The molecule has 0 aromatic rings. The van der Waals surface area contributed by atoms with Gasteiger partial charge in [0.2, 0.25) is 0 Å². The lowest BCUT2D eigenvalue weighted by Gasteiger charge is -2.14. The Balaban J connectivity index is 2.87. The molecule has 1 aliphatic carbocycles. The van der Waals surface area contributed by atoms with Crippen LogP contribution in [0.25, 0.3) is 0 Å². The Morgan fingerprint density at radius 2 is 2.08 bits per heavy atom. The molecule has 0 heterocycles. The Kier molecular flexibility index (Phi) is 2.40. The van der Waals surface area contributed by atoms with E-state index in [1.165, 1.54) is 6.08 Å². The molecule has 0 unspecified atom stereocenters. The third-order valence-corrected chi connectivity index (χ3v) is 1.73. The summed E-state index contributed by atoms with van der Waals surface area (Å²) in [6.45, 7) is 3.42. The first-order chi connectivity index (χ1) is 5.54. The van der Waals surface area contributed by atoms with Gasteiger partial charge in [-0.15, -0.1) is 0 Å². The number of hydrogen-bond donors (Lipinski definition) is 0. The maximum Gasteiger partial charge on any atom is 0.412 e. The lowest BCUT2D eigenvalue weighted by atomic mass is 9.99. The minimum absolute atomic E-state index is 0.0842. The lowest BCUT2D eigenvalue weighted by molar-refractivity contribution is -0.0941. The SMILES string of the molecule is C=CC1=CCCC(C(F)(F)F)=C1. The minimum atomic E-state index is -4.18. The van der Waals surface area contributed by atoms with Gasteiger partial charge in [-0.2, -0.15) is 13.2 Å². The van der Waals surface area contributed by atoms with E-state index in [0.717, 1.165) is 6.08 Å². The van der Waals surface area contributed by atoms with Crippen molar-refractivity contribution in [1.29, 1.82) is 0 Å². The Hall–Kier alpha value is -0.990. The van der Waals surface area contributed by atoms with Crippen LogP contribution in [0.2, 0.25) is 0 Å². The first kappa shape index (κ1) is 9.10. The van der Waals surface area contributed by atoms with Crippen LogP contribution < -0.4 is 0 Å². The fourth-order valence-electron chi connectivity index (χ4n) is 1.09. The number of hydrogen-bond acceptors (Lipinski definition) is 0. The van der Waals surface area contributed by atoms with Gasteiger partial charge in [0.1, 0.15) is 0 Å². The third-order valence-electron chi connectivity index (χ3n) is 1.73. The van der Waals surface area contributed by atoms with Crippen LogP contribution in [-0.2, 0) is 0 Å². The van der Waals surface area contributed by atoms with Crippen LogP contribution >= 0.6 is 0 Å². The lowest BCUT2D eigenvalue weighted by Crippen LogP contribution is -2.13. The van der Waals surface area contributed by atoms with Gasteiger partial charge in [0.05, 0.1) is 0 Å². The summed E-state index contributed by atoms with van der Waals surface area (Å²) in [7, 11) is 0. The highest BCUT2D eigenvalue weighted by Gasteiger charge is 2.33. The summed E-state index contributed by atoms with van der Waals surface area (Å²) < 4.78 is 36.4. The summed E-state index contributed by atoms with van der Waals surface area (Å²) >= 11 is 0. The molecule has 0 amide bonds. The van der Waals surface area contributed by atoms with Crippen molar-refractivity contribution in [3.63, 3.8) is 0 Å². The van der Waals surface area contributed by atoms with Gasteiger partial charge in [0, 0.05) is 5.57 Å². The monoisotopic (exact) mass is 174 g/mol. The first-order valence-corrected chi connectivity index (χ1v) is 3.64. The predicted octanol–water partition coefficient (Wildman–Crippen LogP) is 3.38. The van der Waals surface area contributed by atoms with Crippen LogP contribution in [0.4, 0.5) is 13.2 Å². The Morgan fingerprint density at radius 1 is 1.42 bits per heavy atom. The van der Waals surface area contributed by atoms with Crippen molar-refractivity contribution in [2.45, 2.75) is 19.0 Å². The first-order valence-electron chi connectivity index (χ1n) is 3.64. The Labute approximate surface area is 69.1 Å². The van der Waals surface area contributed by atoms with Crippen molar-refractivity contribution in [2.75, 3.05) is 0 Å². The van der Waals surface area contributed by atoms with Crippen molar-refractivity contribution < 1.29 is 13.2 Å². The van der Waals surface area contributed by atoms with Crippen LogP contribution in [0.15, 0.2) is 36.0 Å². The zero-order valence-electron chi connectivity index (χ0n) is 6.49. The highest BCUT2D eigenvalue weighted by Crippen LogP contribution is 2.32. The van der Waals surface area contributed by atoms with Crippen molar-refractivity contribution in [3.05, 3.63) is 36.0 Å². The van der Waals surface area contributed by atoms with Gasteiger partial charge in [-0.1, -0.05) is 18.7 Å². The Morgan fingerprint density at radius 3 is 2.58 bits per heavy atom. The molecule has 3 heteroatoms. The van der Waals surface area contributed by atoms with Crippen LogP contribution in [0.1, 0.15) is 12.8 Å². The Bertz CT molecular complexity index is 243. The van der Waals surface area contributed by atoms with Gasteiger partial charge in [-0.3, -0.25) is 0 Å². The topological polar surface area (TPSA) is 0 Å². The summed E-state index contributed by atoms with van der Waals surface area (Å²) in [5.74, 6) is 0. The second kappa shape index (κ2) is 3.17. The molecule has 1 rings (SSSR count). The number of alkyl halides is 3. The van der Waals surface area contributed by atoms with Crippen molar-refractivity contribution in [1.82, 2.24) is 0 Å². The minimum Gasteiger partial charge on any atom is -0.166 e. The number of rotatable bonds is 1. The molecule has 0 spiro atoms. The van der Waals surface area contributed by atoms with Crippen LogP contribution in [0.5, 0.6) is 0 Å². The molecule has 0 bridgehead atoms. The van der Waals surface area contributed by atoms with Gasteiger partial charge in [0.15, 0.2) is 0 Å². The molecular weight excluding hydrogens is 165 g/mol. The maximum atomic E-state index is 12.1. The van der Waals surface area contributed by atoms with E-state index in [1.54, 1.807) is 6.08 Å². The van der Waals surface area contributed by atoms with E-state index in [4.69, 9.17) is 0 Å². The molecule has 0 aliphatic heterocycles. The zero-order valence-corrected chi connectivity index (χ0v) is 6.49. The van der Waals surface area contributed by atoms with Crippen LogP contribution in [0, 0.1) is 0 Å². The normalized spacial score (nSPS) is 18.2. The summed E-state index contributed by atoms with van der Waals surface area (Å²) in [6.07, 6.45) is 0.694. The predicted molar refractivity (Wildman–Crippen MR) is 41.7 cm³/mol. The molecule has 0 nitrogen and oxygen atoms in total. The molecule has 12 heavy (non-hydrogen) atoms. The number of halogens is 3. The average Bonchev–Trinajstić information content (AvgIpc) is 2.03. The highest BCUT2D eigenvalue weighted by molar-refractivity contribution is 5.36. The smallest absolute Gasteiger partial charge is 0.166 e. The van der Waals surface area contributed by atoms with Gasteiger partial charge < -0.3 is 0 Å². The molecule has 0 atom stereocenters. The van der Waals surface area contributed by atoms with Crippen molar-refractivity contribution in [3.8, 4) is 0 Å². The summed E-state index contributed by atoms with van der Waals surface area (Å²) in [5, 5.41) is 0. The molecule has 1 aliphatic rings. The van der Waals surface area contributed by atoms with E-state index in [1.807, 2.05) is 0 Å². The third kappa shape index (κ3) is 2.00. The molecule has 0 fully saturated rings. The number of allylic oxidation sites excluding steroid dienone is 5. The molecular formula is C9H9F3.